The van der Waals surface area contributed by atoms with Crippen LogP contribution in [0.3, 0.4) is 0 Å². The molecule has 0 bridgehead atoms. The highest BCUT2D eigenvalue weighted by atomic mass is 16.3. The number of anilines is 2. The molecule has 0 aliphatic carbocycles. The van der Waals surface area contributed by atoms with Crippen molar-refractivity contribution in [3.05, 3.63) is 53.7 Å². The van der Waals surface area contributed by atoms with Crippen molar-refractivity contribution in [2.75, 3.05) is 23.3 Å². The summed E-state index contributed by atoms with van der Waals surface area (Å²) in [7, 11) is 0. The molecular weight excluding hydrogens is 432 g/mol. The number of benzene rings is 1. The molecule has 34 heavy (non-hydrogen) atoms. The molecule has 180 valence electrons. The van der Waals surface area contributed by atoms with Gasteiger partial charge < -0.3 is 20.6 Å². The third-order valence-electron chi connectivity index (χ3n) is 5.98. The summed E-state index contributed by atoms with van der Waals surface area (Å²) in [6, 6.07) is 10.5. The number of nitrogens with zero attached hydrogens (tertiary/aromatic N) is 4. The van der Waals surface area contributed by atoms with Gasteiger partial charge in [0.15, 0.2) is 5.65 Å². The molecule has 1 saturated heterocycles. The van der Waals surface area contributed by atoms with E-state index in [9.17, 15) is 14.7 Å². The van der Waals surface area contributed by atoms with Crippen LogP contribution in [0.15, 0.2) is 42.6 Å². The average molecular weight is 465 g/mol. The van der Waals surface area contributed by atoms with Crippen LogP contribution in [0.4, 0.5) is 11.6 Å². The van der Waals surface area contributed by atoms with Gasteiger partial charge in [-0.05, 0) is 58.2 Å². The van der Waals surface area contributed by atoms with Crippen molar-refractivity contribution in [2.45, 2.75) is 52.2 Å². The van der Waals surface area contributed by atoms with E-state index in [0.29, 0.717) is 23.6 Å². The molecule has 9 nitrogen and oxygen atoms in total. The maximum absolute atomic E-state index is 12.9. The largest absolute Gasteiger partial charge is 0.386 e. The van der Waals surface area contributed by atoms with Gasteiger partial charge in [-0.15, -0.1) is 0 Å². The zero-order valence-electron chi connectivity index (χ0n) is 20.1. The topological polar surface area (TPSA) is 112 Å². The summed E-state index contributed by atoms with van der Waals surface area (Å²) in [5, 5.41) is 20.4. The van der Waals surface area contributed by atoms with Crippen LogP contribution in [0.2, 0.25) is 0 Å². The molecule has 3 heterocycles. The summed E-state index contributed by atoms with van der Waals surface area (Å²) >= 11 is 0. The van der Waals surface area contributed by atoms with Gasteiger partial charge in [0.2, 0.25) is 5.91 Å². The molecule has 0 spiro atoms. The monoisotopic (exact) mass is 464 g/mol. The molecule has 3 N–H and O–H groups in total. The predicted octanol–water partition coefficient (Wildman–Crippen LogP) is 2.95. The second kappa shape index (κ2) is 9.42. The van der Waals surface area contributed by atoms with Crippen molar-refractivity contribution in [3.8, 4) is 0 Å². The number of nitrogens with one attached hydrogen (secondary N) is 2. The Kier molecular flexibility index (Phi) is 6.56. The van der Waals surface area contributed by atoms with E-state index >= 15 is 0 Å². The van der Waals surface area contributed by atoms with Gasteiger partial charge in [-0.25, -0.2) is 4.98 Å². The van der Waals surface area contributed by atoms with Crippen molar-refractivity contribution < 1.29 is 14.7 Å². The summed E-state index contributed by atoms with van der Waals surface area (Å²) in [4.78, 5) is 32.1. The first-order valence-corrected chi connectivity index (χ1v) is 11.7. The molecule has 1 aromatic carbocycles. The summed E-state index contributed by atoms with van der Waals surface area (Å²) in [5.41, 5.74) is 0.829. The number of carbonyl (C=O) groups is 2. The van der Waals surface area contributed by atoms with E-state index in [1.807, 2.05) is 13.8 Å². The van der Waals surface area contributed by atoms with Crippen LogP contribution < -0.4 is 15.5 Å². The van der Waals surface area contributed by atoms with Crippen LogP contribution in [-0.4, -0.2) is 50.7 Å². The fraction of sp³-hybridized carbons (Fsp3) is 0.440. The van der Waals surface area contributed by atoms with Gasteiger partial charge in [0.05, 0.1) is 17.7 Å². The number of hydrogen-bond acceptors (Lipinski definition) is 6. The minimum atomic E-state index is -0.975. The third-order valence-corrected chi connectivity index (χ3v) is 5.98. The van der Waals surface area contributed by atoms with Crippen LogP contribution in [0.25, 0.3) is 5.65 Å². The molecule has 1 atom stereocenters. The van der Waals surface area contributed by atoms with Crippen LogP contribution in [0, 0.1) is 5.92 Å². The highest BCUT2D eigenvalue weighted by molar-refractivity contribution is 6.04. The zero-order valence-corrected chi connectivity index (χ0v) is 20.1. The quantitative estimate of drug-likeness (QED) is 0.517. The van der Waals surface area contributed by atoms with E-state index in [4.69, 9.17) is 0 Å². The van der Waals surface area contributed by atoms with Gasteiger partial charge in [0.25, 0.3) is 5.91 Å². The van der Waals surface area contributed by atoms with Gasteiger partial charge in [-0.3, -0.25) is 9.59 Å². The summed E-state index contributed by atoms with van der Waals surface area (Å²) in [6.45, 7) is 8.68. The number of amides is 2. The third kappa shape index (κ3) is 5.20. The maximum Gasteiger partial charge on any atom is 0.256 e. The number of rotatable bonds is 6. The van der Waals surface area contributed by atoms with Crippen LogP contribution in [0.1, 0.15) is 56.5 Å². The Morgan fingerprint density at radius 2 is 1.91 bits per heavy atom. The van der Waals surface area contributed by atoms with Crippen LogP contribution in [-0.2, 0) is 10.4 Å². The number of piperidine rings is 1. The van der Waals surface area contributed by atoms with Gasteiger partial charge in [0.1, 0.15) is 11.6 Å². The molecule has 2 aromatic heterocycles. The van der Waals surface area contributed by atoms with E-state index in [1.54, 1.807) is 61.0 Å². The summed E-state index contributed by atoms with van der Waals surface area (Å²) in [6.07, 6.45) is 3.39. The Morgan fingerprint density at radius 3 is 2.59 bits per heavy atom. The van der Waals surface area contributed by atoms with Crippen molar-refractivity contribution >= 4 is 29.1 Å². The Morgan fingerprint density at radius 1 is 1.18 bits per heavy atom. The Labute approximate surface area is 199 Å². The van der Waals surface area contributed by atoms with Gasteiger partial charge in [-0.2, -0.15) is 9.61 Å². The Hall–Kier alpha value is -3.46. The predicted molar refractivity (Wildman–Crippen MR) is 131 cm³/mol. The summed E-state index contributed by atoms with van der Waals surface area (Å²) in [5.74, 6) is 0.853. The number of carbonyl (C=O) groups excluding carboxylic acids is 2. The molecule has 2 amide bonds. The normalized spacial score (nSPS) is 16.6. The standard InChI is InChI=1S/C25H32N6O3/c1-16(2)27-24(33)18-6-5-13-30(15-18)22-14-20(28-21-11-12-26-31(21)22)29-23(32)17-7-9-19(10-8-17)25(3,4)34/h7-12,14,16,18,34H,5-6,13,15H2,1-4H3,(H,27,33)(H,28,29,32)/t18-/m1/s1. The van der Waals surface area contributed by atoms with Crippen molar-refractivity contribution in [3.63, 3.8) is 0 Å². The van der Waals surface area contributed by atoms with E-state index in [0.717, 1.165) is 30.8 Å². The Balaban J connectivity index is 1.56. The number of hydrogen-bond donors (Lipinski definition) is 3. The lowest BCUT2D eigenvalue weighted by Crippen LogP contribution is -2.45. The van der Waals surface area contributed by atoms with E-state index in [2.05, 4.69) is 25.6 Å². The van der Waals surface area contributed by atoms with Crippen molar-refractivity contribution in [1.29, 1.82) is 0 Å². The first kappa shape index (κ1) is 23.7. The Bertz CT molecular complexity index is 1180. The minimum absolute atomic E-state index is 0.0634. The molecule has 3 aromatic rings. The molecule has 1 fully saturated rings. The van der Waals surface area contributed by atoms with Crippen molar-refractivity contribution in [1.82, 2.24) is 19.9 Å². The molecule has 1 aliphatic heterocycles. The number of aliphatic hydroxyl groups is 1. The molecule has 9 heteroatoms. The fourth-order valence-electron chi connectivity index (χ4n) is 4.21. The van der Waals surface area contributed by atoms with Gasteiger partial charge >= 0.3 is 0 Å². The maximum atomic E-state index is 12.9. The second-order valence-corrected chi connectivity index (χ2v) is 9.64. The second-order valence-electron chi connectivity index (χ2n) is 9.64. The fourth-order valence-corrected chi connectivity index (χ4v) is 4.21. The first-order valence-electron chi connectivity index (χ1n) is 11.7. The van der Waals surface area contributed by atoms with Crippen LogP contribution >= 0.6 is 0 Å². The number of fused-ring (bicyclic) bond motifs is 1. The molecule has 0 radical (unpaired) electrons. The zero-order chi connectivity index (χ0) is 24.5. The first-order chi connectivity index (χ1) is 16.1. The van der Waals surface area contributed by atoms with Gasteiger partial charge in [0, 0.05) is 36.8 Å². The van der Waals surface area contributed by atoms with E-state index < -0.39 is 5.60 Å². The van der Waals surface area contributed by atoms with Crippen molar-refractivity contribution in [2.24, 2.45) is 5.92 Å². The van der Waals surface area contributed by atoms with Gasteiger partial charge in [-0.1, -0.05) is 12.1 Å². The SMILES string of the molecule is CC(C)NC(=O)[C@@H]1CCCN(c2cc(NC(=O)c3ccc(C(C)(C)O)cc3)nc3ccnn23)C1. The van der Waals surface area contributed by atoms with E-state index in [1.165, 1.54) is 0 Å². The van der Waals surface area contributed by atoms with Crippen LogP contribution in [0.5, 0.6) is 0 Å². The molecule has 0 saturated carbocycles. The molecule has 4 rings (SSSR count). The van der Waals surface area contributed by atoms with E-state index in [-0.39, 0.29) is 23.8 Å². The smallest absolute Gasteiger partial charge is 0.256 e. The summed E-state index contributed by atoms with van der Waals surface area (Å²) < 4.78 is 1.73. The lowest BCUT2D eigenvalue weighted by Gasteiger charge is -2.34. The highest BCUT2D eigenvalue weighted by Crippen LogP contribution is 2.26. The number of aromatic nitrogens is 3. The average Bonchev–Trinajstić information content (AvgIpc) is 3.26. The highest BCUT2D eigenvalue weighted by Gasteiger charge is 2.28. The molecule has 0 unspecified atom stereocenters. The minimum Gasteiger partial charge on any atom is -0.386 e. The molecular formula is C25H32N6O3. The lowest BCUT2D eigenvalue weighted by molar-refractivity contribution is -0.125. The molecule has 1 aliphatic rings. The lowest BCUT2D eigenvalue weighted by atomic mass is 9.97.